The molecule has 0 radical (unpaired) electrons. The first-order valence-electron chi connectivity index (χ1n) is 13.0. The van der Waals surface area contributed by atoms with Gasteiger partial charge in [0.2, 0.25) is 0 Å². The average Bonchev–Trinajstić information content (AvgIpc) is 3.08. The molecule has 0 N–H and O–H groups in total. The Balaban J connectivity index is 1.51. The molecular formula is C29H44O2. The van der Waals surface area contributed by atoms with Crippen LogP contribution in [0.25, 0.3) is 0 Å². The first-order valence-corrected chi connectivity index (χ1v) is 13.0. The van der Waals surface area contributed by atoms with Gasteiger partial charge < -0.3 is 4.74 Å². The average molecular weight is 425 g/mol. The topological polar surface area (TPSA) is 26.3 Å². The molecule has 0 aliphatic heterocycles. The van der Waals surface area contributed by atoms with Gasteiger partial charge in [-0.05, 0) is 95.8 Å². The molecule has 0 heterocycles. The molecule has 3 aliphatic carbocycles. The summed E-state index contributed by atoms with van der Waals surface area (Å²) in [5.41, 5.74) is 6.85. The Kier molecular flexibility index (Phi) is 6.57. The second kappa shape index (κ2) is 8.91. The van der Waals surface area contributed by atoms with Gasteiger partial charge in [-0.15, -0.1) is 0 Å². The third-order valence-electron chi connectivity index (χ3n) is 9.66. The number of esters is 1. The quantitative estimate of drug-likeness (QED) is 0.449. The highest BCUT2D eigenvalue weighted by Gasteiger charge is 2.51. The predicted molar refractivity (Wildman–Crippen MR) is 128 cm³/mol. The molecule has 0 aromatic heterocycles. The SMILES string of the molecule is CC(=O)OC1CCc2c(ccc3c2CC[C@]2(C)C(C(C)CCC(C)C(C)C)CC[C@@H]32)C1. The van der Waals surface area contributed by atoms with Gasteiger partial charge in [0, 0.05) is 13.3 Å². The third kappa shape index (κ3) is 4.33. The van der Waals surface area contributed by atoms with E-state index in [1.54, 1.807) is 16.7 Å². The van der Waals surface area contributed by atoms with E-state index in [0.29, 0.717) is 5.41 Å². The highest BCUT2D eigenvalue weighted by Crippen LogP contribution is 2.61. The van der Waals surface area contributed by atoms with Crippen LogP contribution in [0.4, 0.5) is 0 Å². The summed E-state index contributed by atoms with van der Waals surface area (Å²) < 4.78 is 5.53. The normalized spacial score (nSPS) is 31.5. The maximum absolute atomic E-state index is 11.4. The van der Waals surface area contributed by atoms with Gasteiger partial charge in [-0.3, -0.25) is 4.79 Å². The van der Waals surface area contributed by atoms with Crippen molar-refractivity contribution >= 4 is 5.97 Å². The van der Waals surface area contributed by atoms with Gasteiger partial charge in [-0.25, -0.2) is 0 Å². The van der Waals surface area contributed by atoms with E-state index in [-0.39, 0.29) is 12.1 Å². The summed E-state index contributed by atoms with van der Waals surface area (Å²) in [5.74, 6) is 3.93. The number of hydrogen-bond donors (Lipinski definition) is 0. The summed E-state index contributed by atoms with van der Waals surface area (Å²) >= 11 is 0. The molecule has 1 fully saturated rings. The highest BCUT2D eigenvalue weighted by molar-refractivity contribution is 5.66. The van der Waals surface area contributed by atoms with Crippen molar-refractivity contribution in [3.8, 4) is 0 Å². The van der Waals surface area contributed by atoms with Gasteiger partial charge in [0.15, 0.2) is 0 Å². The van der Waals surface area contributed by atoms with Gasteiger partial charge in [0.1, 0.15) is 6.10 Å². The molecule has 4 rings (SSSR count). The number of carbonyl (C=O) groups is 1. The van der Waals surface area contributed by atoms with Crippen molar-refractivity contribution in [2.75, 3.05) is 0 Å². The van der Waals surface area contributed by atoms with Crippen LogP contribution >= 0.6 is 0 Å². The Bertz CT molecular complexity index is 809. The van der Waals surface area contributed by atoms with E-state index in [2.05, 4.69) is 46.8 Å². The summed E-state index contributed by atoms with van der Waals surface area (Å²) in [6.45, 7) is 13.9. The Hall–Kier alpha value is -1.31. The lowest BCUT2D eigenvalue weighted by Gasteiger charge is -2.45. The van der Waals surface area contributed by atoms with Crippen LogP contribution in [0.15, 0.2) is 12.1 Å². The van der Waals surface area contributed by atoms with Crippen LogP contribution in [0.2, 0.25) is 0 Å². The Morgan fingerprint density at radius 2 is 1.84 bits per heavy atom. The van der Waals surface area contributed by atoms with E-state index in [9.17, 15) is 4.79 Å². The van der Waals surface area contributed by atoms with Crippen molar-refractivity contribution < 1.29 is 9.53 Å². The molecule has 0 amide bonds. The number of carbonyl (C=O) groups excluding carboxylic acids is 1. The summed E-state index contributed by atoms with van der Waals surface area (Å²) in [5, 5.41) is 0. The summed E-state index contributed by atoms with van der Waals surface area (Å²) in [4.78, 5) is 11.4. The predicted octanol–water partition coefficient (Wildman–Crippen LogP) is 7.26. The van der Waals surface area contributed by atoms with Gasteiger partial charge in [0.25, 0.3) is 0 Å². The molecule has 2 heteroatoms. The molecule has 6 atom stereocenters. The minimum Gasteiger partial charge on any atom is -0.462 e. The second-order valence-electron chi connectivity index (χ2n) is 11.8. The monoisotopic (exact) mass is 424 g/mol. The molecule has 1 aromatic carbocycles. The molecule has 1 saturated carbocycles. The first-order chi connectivity index (χ1) is 14.7. The number of fused-ring (bicyclic) bond motifs is 5. The van der Waals surface area contributed by atoms with E-state index in [1.165, 1.54) is 51.0 Å². The Labute approximate surface area is 190 Å². The van der Waals surface area contributed by atoms with Gasteiger partial charge in [-0.1, -0.05) is 59.6 Å². The number of rotatable bonds is 6. The standard InChI is InChI=1S/C29H44O2/c1-18(2)19(3)7-8-20(4)27-13-14-28-26-11-9-22-17-23(31-21(5)30)10-12-24(22)25(26)15-16-29(27,28)6/h9,11,18-20,23,27-28H,7-8,10,12-17H2,1-6H3/t19?,20?,23?,27?,28-,29+/m0/s1. The minimum absolute atomic E-state index is 0.0712. The third-order valence-corrected chi connectivity index (χ3v) is 9.66. The van der Waals surface area contributed by atoms with Crippen LogP contribution in [0.5, 0.6) is 0 Å². The highest BCUT2D eigenvalue weighted by atomic mass is 16.5. The number of benzene rings is 1. The second-order valence-corrected chi connectivity index (χ2v) is 11.8. The molecule has 4 unspecified atom stereocenters. The molecule has 2 nitrogen and oxygen atoms in total. The van der Waals surface area contributed by atoms with Crippen LogP contribution in [0.3, 0.4) is 0 Å². The van der Waals surface area contributed by atoms with Crippen LogP contribution in [0.1, 0.15) is 108 Å². The van der Waals surface area contributed by atoms with Crippen molar-refractivity contribution in [1.29, 1.82) is 0 Å². The van der Waals surface area contributed by atoms with Gasteiger partial charge in [0.05, 0.1) is 0 Å². The number of hydrogen-bond acceptors (Lipinski definition) is 2. The molecule has 172 valence electrons. The smallest absolute Gasteiger partial charge is 0.302 e. The van der Waals surface area contributed by atoms with E-state index in [0.717, 1.165) is 48.9 Å². The lowest BCUT2D eigenvalue weighted by atomic mass is 9.59. The molecule has 0 spiro atoms. The fourth-order valence-corrected chi connectivity index (χ4v) is 7.40. The fourth-order valence-electron chi connectivity index (χ4n) is 7.40. The minimum atomic E-state index is -0.143. The first kappa shape index (κ1) is 22.9. The molecular weight excluding hydrogens is 380 g/mol. The van der Waals surface area contributed by atoms with Crippen molar-refractivity contribution in [1.82, 2.24) is 0 Å². The van der Waals surface area contributed by atoms with Gasteiger partial charge >= 0.3 is 5.97 Å². The molecule has 1 aromatic rings. The van der Waals surface area contributed by atoms with Crippen molar-refractivity contribution in [3.63, 3.8) is 0 Å². The summed E-state index contributed by atoms with van der Waals surface area (Å²) in [6, 6.07) is 4.83. The van der Waals surface area contributed by atoms with Crippen LogP contribution < -0.4 is 0 Å². The molecule has 0 bridgehead atoms. The summed E-state index contributed by atoms with van der Waals surface area (Å²) in [7, 11) is 0. The fraction of sp³-hybridized carbons (Fsp3) is 0.759. The lowest BCUT2D eigenvalue weighted by Crippen LogP contribution is -2.36. The molecule has 0 saturated heterocycles. The van der Waals surface area contributed by atoms with Crippen LogP contribution in [-0.2, 0) is 28.8 Å². The zero-order valence-corrected chi connectivity index (χ0v) is 20.8. The molecule has 3 aliphatic rings. The summed E-state index contributed by atoms with van der Waals surface area (Å²) in [6.07, 6.45) is 11.2. The van der Waals surface area contributed by atoms with E-state index in [4.69, 9.17) is 4.74 Å². The molecule has 31 heavy (non-hydrogen) atoms. The zero-order chi connectivity index (χ0) is 22.3. The van der Waals surface area contributed by atoms with Crippen molar-refractivity contribution in [2.24, 2.45) is 29.1 Å². The number of ether oxygens (including phenoxy) is 1. The van der Waals surface area contributed by atoms with Crippen molar-refractivity contribution in [3.05, 3.63) is 34.4 Å². The zero-order valence-electron chi connectivity index (χ0n) is 20.8. The Morgan fingerprint density at radius 1 is 1.06 bits per heavy atom. The Morgan fingerprint density at radius 3 is 2.55 bits per heavy atom. The maximum atomic E-state index is 11.4. The van der Waals surface area contributed by atoms with Crippen molar-refractivity contribution in [2.45, 2.75) is 111 Å². The largest absolute Gasteiger partial charge is 0.462 e. The lowest BCUT2D eigenvalue weighted by molar-refractivity contribution is -0.146. The van der Waals surface area contributed by atoms with Crippen LogP contribution in [-0.4, -0.2) is 12.1 Å². The van der Waals surface area contributed by atoms with Crippen LogP contribution in [0, 0.1) is 29.1 Å². The maximum Gasteiger partial charge on any atom is 0.302 e. The van der Waals surface area contributed by atoms with E-state index in [1.807, 2.05) is 0 Å². The van der Waals surface area contributed by atoms with E-state index >= 15 is 0 Å². The van der Waals surface area contributed by atoms with Gasteiger partial charge in [-0.2, -0.15) is 0 Å². The van der Waals surface area contributed by atoms with E-state index < -0.39 is 0 Å².